The number of nitrogen functional groups attached to an aromatic ring is 1. The fraction of sp³-hybridized carbons (Fsp3) is 0.103. The minimum atomic E-state index is -0.226. The first-order valence-electron chi connectivity index (χ1n) is 11.1. The monoisotopic (exact) mass is 463 g/mol. The Balaban J connectivity index is 1.66. The highest BCUT2D eigenvalue weighted by Crippen LogP contribution is 2.41. The first-order valence-corrected chi connectivity index (χ1v) is 12.0. The number of aromatic nitrogens is 1. The van der Waals surface area contributed by atoms with Gasteiger partial charge in [0.1, 0.15) is 9.71 Å². The number of carbonyl (C=O) groups is 1. The summed E-state index contributed by atoms with van der Waals surface area (Å²) in [4.78, 5) is 19.3. The van der Waals surface area contributed by atoms with E-state index >= 15 is 0 Å². The molecule has 0 aliphatic heterocycles. The predicted molar refractivity (Wildman–Crippen MR) is 144 cm³/mol. The molecule has 0 spiro atoms. The molecule has 0 saturated carbocycles. The molecule has 0 fully saturated rings. The first-order chi connectivity index (χ1) is 16.4. The van der Waals surface area contributed by atoms with E-state index in [2.05, 4.69) is 73.8 Å². The molecule has 5 heteroatoms. The van der Waals surface area contributed by atoms with Gasteiger partial charge >= 0.3 is 0 Å². The van der Waals surface area contributed by atoms with Gasteiger partial charge in [0, 0.05) is 16.6 Å². The zero-order valence-electron chi connectivity index (χ0n) is 19.3. The number of rotatable bonds is 4. The van der Waals surface area contributed by atoms with Gasteiger partial charge in [-0.2, -0.15) is 0 Å². The van der Waals surface area contributed by atoms with E-state index < -0.39 is 0 Å². The lowest BCUT2D eigenvalue weighted by molar-refractivity contribution is 0.103. The van der Waals surface area contributed by atoms with Crippen LogP contribution in [-0.4, -0.2) is 10.9 Å². The Labute approximate surface area is 203 Å². The van der Waals surface area contributed by atoms with E-state index in [1.807, 2.05) is 31.2 Å². The molecule has 2 heterocycles. The van der Waals surface area contributed by atoms with Gasteiger partial charge in [0.25, 0.3) is 5.91 Å². The molecule has 3 N–H and O–H groups in total. The molecule has 0 unspecified atom stereocenters. The Bertz CT molecular complexity index is 1500. The summed E-state index contributed by atoms with van der Waals surface area (Å²) in [6.45, 7) is 6.15. The number of nitrogens with two attached hydrogens (primary N) is 1. The Morgan fingerprint density at radius 2 is 1.32 bits per heavy atom. The maximum atomic E-state index is 13.2. The van der Waals surface area contributed by atoms with Gasteiger partial charge in [0.2, 0.25) is 0 Å². The second-order valence-corrected chi connectivity index (χ2v) is 9.63. The molecule has 168 valence electrons. The average Bonchev–Trinajstić information content (AvgIpc) is 3.17. The number of thiophene rings is 1. The molecule has 34 heavy (non-hydrogen) atoms. The van der Waals surface area contributed by atoms with Crippen LogP contribution in [0.25, 0.3) is 32.6 Å². The second kappa shape index (κ2) is 8.76. The Hall–Kier alpha value is -3.96. The van der Waals surface area contributed by atoms with Crippen LogP contribution in [-0.2, 0) is 0 Å². The Morgan fingerprint density at radius 3 is 1.91 bits per heavy atom. The van der Waals surface area contributed by atoms with Gasteiger partial charge in [-0.15, -0.1) is 11.3 Å². The number of amides is 1. The fourth-order valence-electron chi connectivity index (χ4n) is 3.95. The lowest BCUT2D eigenvalue weighted by Crippen LogP contribution is -2.11. The second-order valence-electron chi connectivity index (χ2n) is 8.63. The number of hydrogen-bond acceptors (Lipinski definition) is 4. The highest BCUT2D eigenvalue weighted by atomic mass is 32.1. The van der Waals surface area contributed by atoms with Crippen molar-refractivity contribution in [3.8, 4) is 22.4 Å². The molecule has 2 aromatic heterocycles. The van der Waals surface area contributed by atoms with Crippen molar-refractivity contribution in [3.63, 3.8) is 0 Å². The first kappa shape index (κ1) is 21.9. The third-order valence-electron chi connectivity index (χ3n) is 5.92. The van der Waals surface area contributed by atoms with Gasteiger partial charge in [-0.05, 0) is 50.1 Å². The van der Waals surface area contributed by atoms with Crippen molar-refractivity contribution in [2.24, 2.45) is 0 Å². The lowest BCUT2D eigenvalue weighted by Gasteiger charge is -2.10. The average molecular weight is 464 g/mol. The Morgan fingerprint density at radius 1 is 0.794 bits per heavy atom. The molecule has 0 aliphatic carbocycles. The molecule has 5 aromatic rings. The van der Waals surface area contributed by atoms with E-state index in [1.165, 1.54) is 22.5 Å². The molecule has 4 nitrogen and oxygen atoms in total. The summed E-state index contributed by atoms with van der Waals surface area (Å²) in [5, 5.41) is 3.79. The zero-order chi connectivity index (χ0) is 23.8. The third kappa shape index (κ3) is 4.18. The van der Waals surface area contributed by atoms with Gasteiger partial charge < -0.3 is 11.1 Å². The molecule has 1 amide bonds. The molecule has 5 rings (SSSR count). The number of anilines is 2. The molecular weight excluding hydrogens is 438 g/mol. The largest absolute Gasteiger partial charge is 0.397 e. The van der Waals surface area contributed by atoms with Crippen LogP contribution in [0.3, 0.4) is 0 Å². The number of nitrogens with zero attached hydrogens (tertiary/aromatic N) is 1. The molecule has 0 saturated heterocycles. The van der Waals surface area contributed by atoms with E-state index in [-0.39, 0.29) is 5.91 Å². The number of carbonyl (C=O) groups excluding carboxylic acids is 1. The van der Waals surface area contributed by atoms with Crippen LogP contribution in [0.4, 0.5) is 11.4 Å². The Kier molecular flexibility index (Phi) is 5.64. The van der Waals surface area contributed by atoms with E-state index in [4.69, 9.17) is 10.7 Å². The van der Waals surface area contributed by atoms with Crippen LogP contribution in [0.5, 0.6) is 0 Å². The predicted octanol–water partition coefficient (Wildman–Crippen LogP) is 7.39. The summed E-state index contributed by atoms with van der Waals surface area (Å²) in [5.74, 6) is -0.226. The summed E-state index contributed by atoms with van der Waals surface area (Å²) in [6.07, 6.45) is 0. The normalized spacial score (nSPS) is 11.0. The summed E-state index contributed by atoms with van der Waals surface area (Å²) >= 11 is 1.33. The minimum absolute atomic E-state index is 0.226. The zero-order valence-corrected chi connectivity index (χ0v) is 20.2. The number of hydrogen-bond donors (Lipinski definition) is 2. The van der Waals surface area contributed by atoms with Crippen molar-refractivity contribution >= 4 is 38.8 Å². The molecule has 0 atom stereocenters. The summed E-state index contributed by atoms with van der Waals surface area (Å²) < 4.78 is 0. The van der Waals surface area contributed by atoms with Crippen LogP contribution in [0.2, 0.25) is 0 Å². The van der Waals surface area contributed by atoms with E-state index in [0.29, 0.717) is 10.6 Å². The summed E-state index contributed by atoms with van der Waals surface area (Å²) in [6, 6.07) is 26.4. The van der Waals surface area contributed by atoms with Crippen molar-refractivity contribution in [1.29, 1.82) is 0 Å². The summed E-state index contributed by atoms with van der Waals surface area (Å²) in [5.41, 5.74) is 15.2. The highest BCUT2D eigenvalue weighted by molar-refractivity contribution is 7.21. The molecular formula is C29H25N3OS. The third-order valence-corrected chi connectivity index (χ3v) is 7.02. The highest BCUT2D eigenvalue weighted by Gasteiger charge is 2.22. The quantitative estimate of drug-likeness (QED) is 0.292. The summed E-state index contributed by atoms with van der Waals surface area (Å²) in [7, 11) is 0. The molecule has 0 bridgehead atoms. The van der Waals surface area contributed by atoms with E-state index in [9.17, 15) is 4.79 Å². The van der Waals surface area contributed by atoms with Crippen LogP contribution in [0.15, 0.2) is 78.9 Å². The number of fused-ring (bicyclic) bond motifs is 1. The molecule has 0 radical (unpaired) electrons. The van der Waals surface area contributed by atoms with E-state index in [1.54, 1.807) is 0 Å². The van der Waals surface area contributed by atoms with Gasteiger partial charge in [-0.1, -0.05) is 77.4 Å². The number of aryl methyl sites for hydroxylation is 3. The van der Waals surface area contributed by atoms with Crippen LogP contribution < -0.4 is 11.1 Å². The smallest absolute Gasteiger partial charge is 0.267 e. The van der Waals surface area contributed by atoms with Gasteiger partial charge in [-0.25, -0.2) is 4.98 Å². The van der Waals surface area contributed by atoms with E-state index in [0.717, 1.165) is 43.9 Å². The van der Waals surface area contributed by atoms with Crippen LogP contribution in [0.1, 0.15) is 26.4 Å². The number of benzene rings is 3. The molecule has 3 aromatic carbocycles. The minimum Gasteiger partial charge on any atom is -0.397 e. The van der Waals surface area contributed by atoms with Crippen LogP contribution >= 0.6 is 11.3 Å². The van der Waals surface area contributed by atoms with Gasteiger partial charge in [0.15, 0.2) is 0 Å². The van der Waals surface area contributed by atoms with Crippen molar-refractivity contribution in [2.45, 2.75) is 20.8 Å². The van der Waals surface area contributed by atoms with Gasteiger partial charge in [-0.3, -0.25) is 4.79 Å². The van der Waals surface area contributed by atoms with Crippen molar-refractivity contribution < 1.29 is 4.79 Å². The van der Waals surface area contributed by atoms with Crippen molar-refractivity contribution in [3.05, 3.63) is 100 Å². The van der Waals surface area contributed by atoms with Crippen molar-refractivity contribution in [1.82, 2.24) is 4.98 Å². The standard InChI is InChI=1S/C29H25N3OS/c1-17-4-10-20(11-5-17)23-16-24(21-12-6-18(2)7-13-21)32-29-25(23)26(30)27(34-29)28(33)31-22-14-8-19(3)9-15-22/h4-16H,30H2,1-3H3,(H,31,33). The SMILES string of the molecule is Cc1ccc(NC(=O)c2sc3nc(-c4ccc(C)cc4)cc(-c4ccc(C)cc4)c3c2N)cc1. The molecule has 0 aliphatic rings. The number of pyridine rings is 1. The van der Waals surface area contributed by atoms with Crippen molar-refractivity contribution in [2.75, 3.05) is 11.1 Å². The topological polar surface area (TPSA) is 68.0 Å². The fourth-order valence-corrected chi connectivity index (χ4v) is 4.96. The lowest BCUT2D eigenvalue weighted by atomic mass is 9.98. The maximum absolute atomic E-state index is 13.2. The number of nitrogens with one attached hydrogen (secondary N) is 1. The van der Waals surface area contributed by atoms with Gasteiger partial charge in [0.05, 0.1) is 11.4 Å². The maximum Gasteiger partial charge on any atom is 0.267 e. The van der Waals surface area contributed by atoms with Crippen LogP contribution in [0, 0.1) is 20.8 Å².